The van der Waals surface area contributed by atoms with Crippen LogP contribution in [0.2, 0.25) is 0 Å². The molecule has 0 spiro atoms. The molecule has 0 atom stereocenters. The molecule has 0 radical (unpaired) electrons. The second kappa shape index (κ2) is 4.21. The Labute approximate surface area is 77.3 Å². The maximum Gasteiger partial charge on any atom is 0.124 e. The molecule has 1 aromatic rings. The fourth-order valence-corrected chi connectivity index (χ4v) is 0.998. The van der Waals surface area contributed by atoms with E-state index in [9.17, 15) is 0 Å². The number of nitrogen functional groups attached to an aromatic ring is 1. The largest absolute Gasteiger partial charge is 0.492 e. The summed E-state index contributed by atoms with van der Waals surface area (Å²) >= 11 is 5.49. The van der Waals surface area contributed by atoms with Crippen LogP contribution in [0, 0.1) is 6.92 Å². The summed E-state index contributed by atoms with van der Waals surface area (Å²) < 4.78 is 5.35. The van der Waals surface area contributed by atoms with Crippen molar-refractivity contribution in [1.82, 2.24) is 0 Å². The van der Waals surface area contributed by atoms with Crippen LogP contribution in [0.4, 0.5) is 5.69 Å². The van der Waals surface area contributed by atoms with Gasteiger partial charge in [0.05, 0.1) is 5.88 Å². The molecule has 1 aromatic carbocycles. The topological polar surface area (TPSA) is 35.2 Å². The molecular formula is C9H12ClNO. The molecule has 0 saturated heterocycles. The van der Waals surface area contributed by atoms with Gasteiger partial charge >= 0.3 is 0 Å². The van der Waals surface area contributed by atoms with Crippen LogP contribution in [0.15, 0.2) is 18.2 Å². The number of alkyl halides is 1. The Morgan fingerprint density at radius 1 is 1.50 bits per heavy atom. The number of hydrogen-bond acceptors (Lipinski definition) is 2. The van der Waals surface area contributed by atoms with Crippen molar-refractivity contribution in [3.8, 4) is 5.75 Å². The van der Waals surface area contributed by atoms with Crippen molar-refractivity contribution < 1.29 is 4.74 Å². The molecule has 0 amide bonds. The SMILES string of the molecule is Cc1ccc(N)cc1OCCCl. The van der Waals surface area contributed by atoms with Gasteiger partial charge in [-0.15, -0.1) is 11.6 Å². The molecule has 0 aliphatic rings. The van der Waals surface area contributed by atoms with Crippen molar-refractivity contribution >= 4 is 17.3 Å². The average molecular weight is 186 g/mol. The minimum atomic E-state index is 0.494. The summed E-state index contributed by atoms with van der Waals surface area (Å²) in [5, 5.41) is 0. The number of nitrogens with two attached hydrogens (primary N) is 1. The van der Waals surface area contributed by atoms with Crippen LogP contribution in [-0.2, 0) is 0 Å². The molecule has 66 valence electrons. The van der Waals surface area contributed by atoms with Crippen molar-refractivity contribution in [2.75, 3.05) is 18.2 Å². The summed E-state index contributed by atoms with van der Waals surface area (Å²) in [6.07, 6.45) is 0. The first-order chi connectivity index (χ1) is 5.74. The van der Waals surface area contributed by atoms with Gasteiger partial charge in [0.1, 0.15) is 12.4 Å². The Kier molecular flexibility index (Phi) is 3.23. The molecule has 1 rings (SSSR count). The summed E-state index contributed by atoms with van der Waals surface area (Å²) in [7, 11) is 0. The summed E-state index contributed by atoms with van der Waals surface area (Å²) in [5.41, 5.74) is 7.38. The zero-order chi connectivity index (χ0) is 8.97. The van der Waals surface area contributed by atoms with Crippen LogP contribution in [-0.4, -0.2) is 12.5 Å². The highest BCUT2D eigenvalue weighted by Gasteiger charge is 1.98. The van der Waals surface area contributed by atoms with E-state index >= 15 is 0 Å². The van der Waals surface area contributed by atoms with E-state index in [0.717, 1.165) is 11.3 Å². The first kappa shape index (κ1) is 9.20. The summed E-state index contributed by atoms with van der Waals surface area (Å²) in [4.78, 5) is 0. The second-order valence-electron chi connectivity index (χ2n) is 2.56. The Balaban J connectivity index is 2.75. The quantitative estimate of drug-likeness (QED) is 0.579. The van der Waals surface area contributed by atoms with Crippen molar-refractivity contribution in [1.29, 1.82) is 0 Å². The third kappa shape index (κ3) is 2.31. The number of benzene rings is 1. The zero-order valence-electron chi connectivity index (χ0n) is 7.01. The van der Waals surface area contributed by atoms with Gasteiger partial charge in [-0.25, -0.2) is 0 Å². The molecule has 2 N–H and O–H groups in total. The van der Waals surface area contributed by atoms with Gasteiger partial charge in [0.25, 0.3) is 0 Å². The van der Waals surface area contributed by atoms with E-state index in [0.29, 0.717) is 18.2 Å². The normalized spacial score (nSPS) is 9.83. The van der Waals surface area contributed by atoms with Gasteiger partial charge in [-0.3, -0.25) is 0 Å². The second-order valence-corrected chi connectivity index (χ2v) is 2.94. The number of ether oxygens (including phenoxy) is 1. The summed E-state index contributed by atoms with van der Waals surface area (Å²) in [6.45, 7) is 2.49. The zero-order valence-corrected chi connectivity index (χ0v) is 7.77. The Hall–Kier alpha value is -0.890. The molecule has 0 heterocycles. The van der Waals surface area contributed by atoms with Crippen LogP contribution in [0.5, 0.6) is 5.75 Å². The molecule has 0 fully saturated rings. The molecule has 0 unspecified atom stereocenters. The minimum absolute atomic E-state index is 0.494. The molecule has 2 nitrogen and oxygen atoms in total. The lowest BCUT2D eigenvalue weighted by Crippen LogP contribution is -2.00. The fraction of sp³-hybridized carbons (Fsp3) is 0.333. The lowest BCUT2D eigenvalue weighted by Gasteiger charge is -2.07. The van der Waals surface area contributed by atoms with Gasteiger partial charge < -0.3 is 10.5 Å². The molecular weight excluding hydrogens is 174 g/mol. The van der Waals surface area contributed by atoms with Crippen molar-refractivity contribution in [2.45, 2.75) is 6.92 Å². The average Bonchev–Trinajstić information content (AvgIpc) is 2.07. The predicted octanol–water partition coefficient (Wildman–Crippen LogP) is 2.19. The first-order valence-corrected chi connectivity index (χ1v) is 4.32. The van der Waals surface area contributed by atoms with Crippen molar-refractivity contribution in [2.24, 2.45) is 0 Å². The van der Waals surface area contributed by atoms with Crippen molar-refractivity contribution in [3.63, 3.8) is 0 Å². The van der Waals surface area contributed by atoms with Gasteiger partial charge in [0.15, 0.2) is 0 Å². The maximum absolute atomic E-state index is 5.59. The standard InChI is InChI=1S/C9H12ClNO/c1-7-2-3-8(11)6-9(7)12-5-4-10/h2-3,6H,4-5,11H2,1H3. The first-order valence-electron chi connectivity index (χ1n) is 3.79. The molecule has 3 heteroatoms. The highest BCUT2D eigenvalue weighted by molar-refractivity contribution is 6.18. The van der Waals surface area contributed by atoms with E-state index in [1.807, 2.05) is 25.1 Å². The van der Waals surface area contributed by atoms with Crippen LogP contribution < -0.4 is 10.5 Å². The molecule has 12 heavy (non-hydrogen) atoms. The lowest BCUT2D eigenvalue weighted by molar-refractivity contribution is 0.340. The number of aryl methyl sites for hydroxylation is 1. The lowest BCUT2D eigenvalue weighted by atomic mass is 10.2. The van der Waals surface area contributed by atoms with Crippen LogP contribution >= 0.6 is 11.6 Å². The Morgan fingerprint density at radius 2 is 2.25 bits per heavy atom. The van der Waals surface area contributed by atoms with E-state index < -0.39 is 0 Å². The third-order valence-corrected chi connectivity index (χ3v) is 1.70. The molecule has 0 aliphatic heterocycles. The van der Waals surface area contributed by atoms with Gasteiger partial charge in [-0.1, -0.05) is 6.07 Å². The summed E-state index contributed by atoms with van der Waals surface area (Å²) in [6, 6.07) is 5.59. The third-order valence-electron chi connectivity index (χ3n) is 1.55. The van der Waals surface area contributed by atoms with Gasteiger partial charge in [-0.2, -0.15) is 0 Å². The van der Waals surface area contributed by atoms with E-state index in [1.165, 1.54) is 0 Å². The number of anilines is 1. The number of rotatable bonds is 3. The minimum Gasteiger partial charge on any atom is -0.492 e. The fourth-order valence-electron chi connectivity index (χ4n) is 0.921. The van der Waals surface area contributed by atoms with Crippen LogP contribution in [0.3, 0.4) is 0 Å². The van der Waals surface area contributed by atoms with E-state index in [2.05, 4.69) is 0 Å². The molecule has 0 saturated carbocycles. The highest BCUT2D eigenvalue weighted by Crippen LogP contribution is 2.20. The van der Waals surface area contributed by atoms with Gasteiger partial charge in [0, 0.05) is 11.8 Å². The van der Waals surface area contributed by atoms with Crippen LogP contribution in [0.1, 0.15) is 5.56 Å². The number of halogens is 1. The predicted molar refractivity (Wildman–Crippen MR) is 51.8 cm³/mol. The Morgan fingerprint density at radius 3 is 2.92 bits per heavy atom. The highest BCUT2D eigenvalue weighted by atomic mass is 35.5. The smallest absolute Gasteiger partial charge is 0.124 e. The maximum atomic E-state index is 5.59. The molecule has 0 aliphatic carbocycles. The van der Waals surface area contributed by atoms with E-state index in [1.54, 1.807) is 0 Å². The van der Waals surface area contributed by atoms with Crippen molar-refractivity contribution in [3.05, 3.63) is 23.8 Å². The number of hydrogen-bond donors (Lipinski definition) is 1. The van der Waals surface area contributed by atoms with Crippen LogP contribution in [0.25, 0.3) is 0 Å². The molecule has 0 aromatic heterocycles. The van der Waals surface area contributed by atoms with E-state index in [-0.39, 0.29) is 0 Å². The molecule has 0 bridgehead atoms. The monoisotopic (exact) mass is 185 g/mol. The van der Waals surface area contributed by atoms with Gasteiger partial charge in [-0.05, 0) is 18.6 Å². The Bertz CT molecular complexity index is 263. The summed E-state index contributed by atoms with van der Waals surface area (Å²) in [5.74, 6) is 1.31. The van der Waals surface area contributed by atoms with Gasteiger partial charge in [0.2, 0.25) is 0 Å². The van der Waals surface area contributed by atoms with E-state index in [4.69, 9.17) is 22.1 Å².